The van der Waals surface area contributed by atoms with Crippen molar-refractivity contribution in [2.75, 3.05) is 38.5 Å². The number of nitrogens with zero attached hydrogens (tertiary/aromatic N) is 5. The first-order valence-electron chi connectivity index (χ1n) is 11.6. The van der Waals surface area contributed by atoms with E-state index < -0.39 is 0 Å². The summed E-state index contributed by atoms with van der Waals surface area (Å²) in [4.78, 5) is 30.4. The zero-order chi connectivity index (χ0) is 23.8. The number of anilines is 2. The van der Waals surface area contributed by atoms with Crippen LogP contribution in [0.2, 0.25) is 0 Å². The van der Waals surface area contributed by atoms with E-state index in [9.17, 15) is 4.79 Å². The number of carbonyl (C=O) groups excluding carboxylic acids is 1. The fourth-order valence-corrected chi connectivity index (χ4v) is 5.05. The van der Waals surface area contributed by atoms with Gasteiger partial charge in [0.25, 0.3) is 5.91 Å². The van der Waals surface area contributed by atoms with Crippen LogP contribution in [0.25, 0.3) is 32.2 Å². The molecule has 1 saturated heterocycles. The SMILES string of the molecule is CN1CCN(C(=O)c2ccc(-c3ccc4nccc(Nc5ccc6scnc6c5)c4c3)cn2)CC1. The summed E-state index contributed by atoms with van der Waals surface area (Å²) < 4.78 is 1.17. The molecular weight excluding hydrogens is 456 g/mol. The molecule has 6 rings (SSSR count). The number of likely N-dealkylation sites (N-methyl/N-ethyl adjacent to an activating group) is 1. The summed E-state index contributed by atoms with van der Waals surface area (Å²) in [6.45, 7) is 3.26. The van der Waals surface area contributed by atoms with Crippen molar-refractivity contribution in [2.24, 2.45) is 0 Å². The number of hydrogen-bond donors (Lipinski definition) is 1. The zero-order valence-electron chi connectivity index (χ0n) is 19.3. The molecule has 3 aromatic heterocycles. The number of carbonyl (C=O) groups is 1. The van der Waals surface area contributed by atoms with Crippen molar-refractivity contribution in [3.8, 4) is 11.1 Å². The van der Waals surface area contributed by atoms with E-state index in [1.807, 2.05) is 46.9 Å². The molecule has 5 aromatic rings. The largest absolute Gasteiger partial charge is 0.355 e. The van der Waals surface area contributed by atoms with Gasteiger partial charge in [-0.05, 0) is 55.1 Å². The Morgan fingerprint density at radius 1 is 0.886 bits per heavy atom. The molecule has 1 aliphatic rings. The summed E-state index contributed by atoms with van der Waals surface area (Å²) in [5.74, 6) is -0.00377. The van der Waals surface area contributed by atoms with Crippen LogP contribution >= 0.6 is 11.3 Å². The maximum atomic E-state index is 12.8. The zero-order valence-corrected chi connectivity index (χ0v) is 20.1. The number of pyridine rings is 2. The van der Waals surface area contributed by atoms with E-state index in [2.05, 4.69) is 56.5 Å². The number of piperazine rings is 1. The van der Waals surface area contributed by atoms with Gasteiger partial charge in [-0.1, -0.05) is 12.1 Å². The second-order valence-electron chi connectivity index (χ2n) is 8.78. The normalized spacial score (nSPS) is 14.5. The van der Waals surface area contributed by atoms with Crippen molar-refractivity contribution >= 4 is 49.7 Å². The average Bonchev–Trinajstić information content (AvgIpc) is 3.37. The summed E-state index contributed by atoms with van der Waals surface area (Å²) >= 11 is 1.63. The Morgan fingerprint density at radius 2 is 1.74 bits per heavy atom. The highest BCUT2D eigenvalue weighted by Crippen LogP contribution is 2.31. The van der Waals surface area contributed by atoms with Gasteiger partial charge in [0.1, 0.15) is 5.69 Å². The monoisotopic (exact) mass is 480 g/mol. The van der Waals surface area contributed by atoms with Crippen molar-refractivity contribution in [1.29, 1.82) is 0 Å². The first-order chi connectivity index (χ1) is 17.1. The minimum atomic E-state index is -0.00377. The molecule has 0 radical (unpaired) electrons. The number of rotatable bonds is 4. The lowest BCUT2D eigenvalue weighted by molar-refractivity contribution is 0.0658. The third kappa shape index (κ3) is 4.34. The highest BCUT2D eigenvalue weighted by molar-refractivity contribution is 7.16. The molecule has 0 atom stereocenters. The summed E-state index contributed by atoms with van der Waals surface area (Å²) in [6.07, 6.45) is 3.59. The summed E-state index contributed by atoms with van der Waals surface area (Å²) in [5.41, 5.74) is 8.17. The van der Waals surface area contributed by atoms with Gasteiger partial charge in [0.15, 0.2) is 0 Å². The highest BCUT2D eigenvalue weighted by atomic mass is 32.1. The number of benzene rings is 2. The standard InChI is InChI=1S/C27H24N6OS/c1-32-10-12-33(13-11-32)27(34)24-6-3-19(16-29-24)18-2-5-22-21(14-18)23(8-9-28-22)31-20-4-7-26-25(15-20)30-17-35-26/h2-9,14-17H,10-13H2,1H3,(H,28,31). The van der Waals surface area contributed by atoms with E-state index in [0.717, 1.165) is 65.1 Å². The fraction of sp³-hybridized carbons (Fsp3) is 0.185. The molecule has 1 aliphatic heterocycles. The highest BCUT2D eigenvalue weighted by Gasteiger charge is 2.21. The lowest BCUT2D eigenvalue weighted by Crippen LogP contribution is -2.47. The molecule has 0 spiro atoms. The van der Waals surface area contributed by atoms with Crippen LogP contribution in [-0.2, 0) is 0 Å². The van der Waals surface area contributed by atoms with Crippen molar-refractivity contribution in [3.05, 3.63) is 78.2 Å². The Labute approximate surface area is 207 Å². The van der Waals surface area contributed by atoms with Crippen LogP contribution in [0.1, 0.15) is 10.5 Å². The molecule has 35 heavy (non-hydrogen) atoms. The van der Waals surface area contributed by atoms with Crippen molar-refractivity contribution < 1.29 is 4.79 Å². The second-order valence-corrected chi connectivity index (χ2v) is 9.66. The van der Waals surface area contributed by atoms with E-state index in [1.165, 1.54) is 4.70 Å². The Balaban J connectivity index is 1.27. The molecular formula is C27H24N6OS. The van der Waals surface area contributed by atoms with E-state index in [4.69, 9.17) is 0 Å². The number of fused-ring (bicyclic) bond motifs is 2. The van der Waals surface area contributed by atoms with Crippen molar-refractivity contribution in [2.45, 2.75) is 0 Å². The molecule has 1 N–H and O–H groups in total. The first-order valence-corrected chi connectivity index (χ1v) is 12.5. The smallest absolute Gasteiger partial charge is 0.272 e. The maximum Gasteiger partial charge on any atom is 0.272 e. The van der Waals surface area contributed by atoms with Crippen molar-refractivity contribution in [3.63, 3.8) is 0 Å². The molecule has 1 amide bonds. The molecule has 7 nitrogen and oxygen atoms in total. The lowest BCUT2D eigenvalue weighted by Gasteiger charge is -2.32. The Hall–Kier alpha value is -3.88. The van der Waals surface area contributed by atoms with Gasteiger partial charge in [0.05, 0.1) is 21.2 Å². The number of hydrogen-bond acceptors (Lipinski definition) is 7. The minimum absolute atomic E-state index is 0.00377. The quantitative estimate of drug-likeness (QED) is 0.389. The molecule has 2 aromatic carbocycles. The van der Waals surface area contributed by atoms with Gasteiger partial charge in [-0.15, -0.1) is 11.3 Å². The first kappa shape index (κ1) is 21.6. The number of aromatic nitrogens is 3. The Morgan fingerprint density at radius 3 is 2.57 bits per heavy atom. The second kappa shape index (κ2) is 9.05. The van der Waals surface area contributed by atoms with Gasteiger partial charge in [-0.2, -0.15) is 0 Å². The van der Waals surface area contributed by atoms with Gasteiger partial charge in [0, 0.05) is 60.9 Å². The third-order valence-electron chi connectivity index (χ3n) is 6.46. The molecule has 1 fully saturated rings. The molecule has 0 aliphatic carbocycles. The summed E-state index contributed by atoms with van der Waals surface area (Å²) in [5, 5.41) is 4.54. The maximum absolute atomic E-state index is 12.8. The molecule has 174 valence electrons. The number of amides is 1. The van der Waals surface area contributed by atoms with E-state index >= 15 is 0 Å². The summed E-state index contributed by atoms with van der Waals surface area (Å²) in [6, 6.07) is 18.2. The predicted molar refractivity (Wildman–Crippen MR) is 141 cm³/mol. The molecule has 8 heteroatoms. The van der Waals surface area contributed by atoms with E-state index in [-0.39, 0.29) is 5.91 Å². The molecule has 4 heterocycles. The Kier molecular flexibility index (Phi) is 5.60. The van der Waals surface area contributed by atoms with Crippen LogP contribution in [-0.4, -0.2) is 63.9 Å². The minimum Gasteiger partial charge on any atom is -0.355 e. The summed E-state index contributed by atoms with van der Waals surface area (Å²) in [7, 11) is 2.08. The fourth-order valence-electron chi connectivity index (χ4n) is 4.39. The predicted octanol–water partition coefficient (Wildman–Crippen LogP) is 5.04. The average molecular weight is 481 g/mol. The van der Waals surface area contributed by atoms with Crippen LogP contribution in [0.5, 0.6) is 0 Å². The topological polar surface area (TPSA) is 74.2 Å². The van der Waals surface area contributed by atoms with E-state index in [1.54, 1.807) is 17.5 Å². The van der Waals surface area contributed by atoms with Gasteiger partial charge in [-0.25, -0.2) is 4.98 Å². The molecule has 0 saturated carbocycles. The third-order valence-corrected chi connectivity index (χ3v) is 7.27. The lowest BCUT2D eigenvalue weighted by atomic mass is 10.0. The van der Waals surface area contributed by atoms with Gasteiger partial charge in [0.2, 0.25) is 0 Å². The van der Waals surface area contributed by atoms with Crippen LogP contribution < -0.4 is 5.32 Å². The Bertz CT molecular complexity index is 1520. The van der Waals surface area contributed by atoms with Gasteiger partial charge >= 0.3 is 0 Å². The van der Waals surface area contributed by atoms with E-state index in [0.29, 0.717) is 5.69 Å². The van der Waals surface area contributed by atoms with Crippen LogP contribution in [0.15, 0.2) is 72.5 Å². The van der Waals surface area contributed by atoms with Crippen LogP contribution in [0.3, 0.4) is 0 Å². The van der Waals surface area contributed by atoms with Gasteiger partial charge < -0.3 is 15.1 Å². The van der Waals surface area contributed by atoms with Crippen LogP contribution in [0, 0.1) is 0 Å². The van der Waals surface area contributed by atoms with Gasteiger partial charge in [-0.3, -0.25) is 14.8 Å². The number of nitrogens with one attached hydrogen (secondary N) is 1. The van der Waals surface area contributed by atoms with Crippen molar-refractivity contribution in [1.82, 2.24) is 24.8 Å². The number of thiazole rings is 1. The molecule has 0 bridgehead atoms. The molecule has 0 unspecified atom stereocenters. The van der Waals surface area contributed by atoms with Crippen LogP contribution in [0.4, 0.5) is 11.4 Å².